The largest absolute Gasteiger partial charge is 0.497 e. The molecule has 150 valence electrons. The summed E-state index contributed by atoms with van der Waals surface area (Å²) in [5.74, 6) is 0.194. The molecule has 0 bridgehead atoms. The van der Waals surface area contributed by atoms with Crippen LogP contribution in [0.15, 0.2) is 75.4 Å². The van der Waals surface area contributed by atoms with Gasteiger partial charge in [0.1, 0.15) is 9.96 Å². The van der Waals surface area contributed by atoms with Crippen molar-refractivity contribution in [3.63, 3.8) is 0 Å². The summed E-state index contributed by atoms with van der Waals surface area (Å²) in [5, 5.41) is 5.79. The zero-order valence-corrected chi connectivity index (χ0v) is 17.4. The maximum absolute atomic E-state index is 12.6. The van der Waals surface area contributed by atoms with E-state index < -0.39 is 15.9 Å². The van der Waals surface area contributed by atoms with Gasteiger partial charge in [-0.2, -0.15) is 5.10 Å². The molecule has 29 heavy (non-hydrogen) atoms. The Morgan fingerprint density at radius 2 is 1.76 bits per heavy atom. The van der Waals surface area contributed by atoms with Crippen LogP contribution in [-0.4, -0.2) is 27.1 Å². The monoisotopic (exact) mass is 429 g/mol. The summed E-state index contributed by atoms with van der Waals surface area (Å²) < 4.78 is 32.7. The number of benzene rings is 2. The van der Waals surface area contributed by atoms with Crippen molar-refractivity contribution in [2.24, 2.45) is 5.10 Å². The van der Waals surface area contributed by atoms with E-state index >= 15 is 0 Å². The molecule has 0 unspecified atom stereocenters. The number of methoxy groups -OCH3 is 1. The third-order valence-electron chi connectivity index (χ3n) is 4.01. The van der Waals surface area contributed by atoms with Crippen molar-refractivity contribution in [3.05, 3.63) is 77.2 Å². The molecule has 0 fully saturated rings. The maximum Gasteiger partial charge on any atom is 0.273 e. The van der Waals surface area contributed by atoms with Gasteiger partial charge in [-0.1, -0.05) is 18.2 Å². The van der Waals surface area contributed by atoms with Crippen molar-refractivity contribution in [1.29, 1.82) is 0 Å². The lowest BCUT2D eigenvalue weighted by atomic mass is 10.1. The first-order valence-electron chi connectivity index (χ1n) is 8.55. The van der Waals surface area contributed by atoms with Gasteiger partial charge < -0.3 is 4.74 Å². The molecule has 1 aromatic heterocycles. The van der Waals surface area contributed by atoms with E-state index in [1.807, 2.05) is 12.1 Å². The summed E-state index contributed by atoms with van der Waals surface area (Å²) in [7, 11) is -2.18. The van der Waals surface area contributed by atoms with Gasteiger partial charge in [-0.05, 0) is 60.3 Å². The van der Waals surface area contributed by atoms with E-state index in [0.717, 1.165) is 22.6 Å². The normalized spacial score (nSPS) is 11.7. The second-order valence-electron chi connectivity index (χ2n) is 5.95. The van der Waals surface area contributed by atoms with Crippen molar-refractivity contribution in [3.8, 4) is 5.75 Å². The van der Waals surface area contributed by atoms with Crippen LogP contribution in [0.2, 0.25) is 0 Å². The minimum absolute atomic E-state index is 0.166. The number of nitrogens with zero attached hydrogens (tertiary/aromatic N) is 1. The number of sulfonamides is 1. The molecule has 1 heterocycles. The lowest BCUT2D eigenvalue weighted by Crippen LogP contribution is -2.22. The van der Waals surface area contributed by atoms with E-state index in [4.69, 9.17) is 4.74 Å². The topological polar surface area (TPSA) is 96.9 Å². The fraction of sp³-hybridized carbons (Fsp3) is 0.100. The van der Waals surface area contributed by atoms with Gasteiger partial charge in [0.05, 0.1) is 24.1 Å². The lowest BCUT2D eigenvalue weighted by Gasteiger charge is -2.11. The van der Waals surface area contributed by atoms with Crippen LogP contribution in [0.3, 0.4) is 0 Å². The van der Waals surface area contributed by atoms with Crippen LogP contribution in [0.5, 0.6) is 5.75 Å². The Balaban J connectivity index is 1.77. The summed E-state index contributed by atoms with van der Waals surface area (Å²) in [4.78, 5) is 12.6. The SMILES string of the molecule is COc1ccc(/C(C)=N/NC(=O)c2ccccc2NS(=O)(=O)c2cccs2)cc1. The third kappa shape index (κ3) is 5.01. The quantitative estimate of drug-likeness (QED) is 0.442. The van der Waals surface area contributed by atoms with Crippen LogP contribution >= 0.6 is 11.3 Å². The standard InChI is InChI=1S/C20H19N3O4S2/c1-14(15-9-11-16(27-2)12-10-15)21-22-20(24)17-6-3-4-7-18(17)23-29(25,26)19-8-5-13-28-19/h3-13,23H,1-2H3,(H,22,24)/b21-14+. The van der Waals surface area contributed by atoms with E-state index in [0.29, 0.717) is 5.71 Å². The Morgan fingerprint density at radius 3 is 2.41 bits per heavy atom. The highest BCUT2D eigenvalue weighted by Crippen LogP contribution is 2.23. The minimum atomic E-state index is -3.77. The number of amides is 1. The zero-order valence-electron chi connectivity index (χ0n) is 15.7. The number of hydrogen-bond acceptors (Lipinski definition) is 6. The Hall–Kier alpha value is -3.17. The van der Waals surface area contributed by atoms with Crippen molar-refractivity contribution in [2.45, 2.75) is 11.1 Å². The number of carbonyl (C=O) groups excluding carboxylic acids is 1. The summed E-state index contributed by atoms with van der Waals surface area (Å²) in [6, 6.07) is 16.7. The molecule has 2 N–H and O–H groups in total. The van der Waals surface area contributed by atoms with Crippen LogP contribution in [0, 0.1) is 0 Å². The van der Waals surface area contributed by atoms with Crippen molar-refractivity contribution >= 4 is 38.7 Å². The molecule has 0 aliphatic heterocycles. The van der Waals surface area contributed by atoms with Gasteiger partial charge in [-0.15, -0.1) is 11.3 Å². The fourth-order valence-corrected chi connectivity index (χ4v) is 4.55. The highest BCUT2D eigenvalue weighted by molar-refractivity contribution is 7.94. The van der Waals surface area contributed by atoms with Gasteiger partial charge in [-0.25, -0.2) is 13.8 Å². The second kappa shape index (κ2) is 8.89. The van der Waals surface area contributed by atoms with Crippen molar-refractivity contribution < 1.29 is 17.9 Å². The molecule has 0 saturated carbocycles. The number of nitrogens with one attached hydrogen (secondary N) is 2. The number of rotatable bonds is 7. The number of anilines is 1. The van der Waals surface area contributed by atoms with E-state index in [-0.39, 0.29) is 15.5 Å². The molecule has 0 aliphatic carbocycles. The summed E-state index contributed by atoms with van der Waals surface area (Å²) in [6.07, 6.45) is 0. The Morgan fingerprint density at radius 1 is 1.03 bits per heavy atom. The van der Waals surface area contributed by atoms with Crippen LogP contribution in [0.1, 0.15) is 22.8 Å². The number of para-hydroxylation sites is 1. The highest BCUT2D eigenvalue weighted by Gasteiger charge is 2.19. The van der Waals surface area contributed by atoms with Crippen molar-refractivity contribution in [2.75, 3.05) is 11.8 Å². The molecule has 3 rings (SSSR count). The van der Waals surface area contributed by atoms with E-state index in [9.17, 15) is 13.2 Å². The molecular weight excluding hydrogens is 410 g/mol. The predicted molar refractivity (Wildman–Crippen MR) is 114 cm³/mol. The summed E-state index contributed by atoms with van der Waals surface area (Å²) in [6.45, 7) is 1.76. The van der Waals surface area contributed by atoms with Gasteiger partial charge in [0.25, 0.3) is 15.9 Å². The fourth-order valence-electron chi connectivity index (χ4n) is 2.47. The van der Waals surface area contributed by atoms with Crippen LogP contribution in [0.25, 0.3) is 0 Å². The van der Waals surface area contributed by atoms with E-state index in [1.165, 1.54) is 18.2 Å². The van der Waals surface area contributed by atoms with Crippen LogP contribution < -0.4 is 14.9 Å². The van der Waals surface area contributed by atoms with Crippen LogP contribution in [0.4, 0.5) is 5.69 Å². The van der Waals surface area contributed by atoms with Gasteiger partial charge in [0.15, 0.2) is 0 Å². The number of carbonyl (C=O) groups is 1. The van der Waals surface area contributed by atoms with Gasteiger partial charge in [0, 0.05) is 0 Å². The molecule has 0 atom stereocenters. The molecule has 0 spiro atoms. The van der Waals surface area contributed by atoms with Gasteiger partial charge in [-0.3, -0.25) is 9.52 Å². The number of thiophene rings is 1. The molecular formula is C20H19N3O4S2. The molecule has 1 amide bonds. The predicted octanol–water partition coefficient (Wildman–Crippen LogP) is 3.71. The molecule has 2 aromatic carbocycles. The number of ether oxygens (including phenoxy) is 1. The molecule has 0 radical (unpaired) electrons. The Bertz CT molecular complexity index is 1120. The van der Waals surface area contributed by atoms with E-state index in [1.54, 1.807) is 49.7 Å². The van der Waals surface area contributed by atoms with Gasteiger partial charge in [0.2, 0.25) is 0 Å². The lowest BCUT2D eigenvalue weighted by molar-refractivity contribution is 0.0955. The van der Waals surface area contributed by atoms with E-state index in [2.05, 4.69) is 15.2 Å². The summed E-state index contributed by atoms with van der Waals surface area (Å²) >= 11 is 1.10. The average molecular weight is 430 g/mol. The average Bonchev–Trinajstić information content (AvgIpc) is 3.28. The molecule has 3 aromatic rings. The molecule has 9 heteroatoms. The van der Waals surface area contributed by atoms with Gasteiger partial charge >= 0.3 is 0 Å². The van der Waals surface area contributed by atoms with Crippen molar-refractivity contribution in [1.82, 2.24) is 5.43 Å². The molecule has 0 aliphatic rings. The molecule has 7 nitrogen and oxygen atoms in total. The first kappa shape index (κ1) is 20.6. The summed E-state index contributed by atoms with van der Waals surface area (Å²) in [5.41, 5.74) is 4.23. The zero-order chi connectivity index (χ0) is 20.9. The van der Waals surface area contributed by atoms with Crippen LogP contribution in [-0.2, 0) is 10.0 Å². The second-order valence-corrected chi connectivity index (χ2v) is 8.81. The third-order valence-corrected chi connectivity index (χ3v) is 6.77. The Labute approximate surface area is 173 Å². The number of hydrogen-bond donors (Lipinski definition) is 2. The maximum atomic E-state index is 12.6. The minimum Gasteiger partial charge on any atom is -0.497 e. The first-order valence-corrected chi connectivity index (χ1v) is 10.9. The molecule has 0 saturated heterocycles. The smallest absolute Gasteiger partial charge is 0.273 e. The Kier molecular flexibility index (Phi) is 6.30. The first-order chi connectivity index (χ1) is 13.9. The number of hydrazone groups is 1. The highest BCUT2D eigenvalue weighted by atomic mass is 32.2.